The van der Waals surface area contributed by atoms with Crippen molar-refractivity contribution in [1.29, 1.82) is 0 Å². The molecule has 5 aromatic rings. The maximum atomic E-state index is 12.5. The van der Waals surface area contributed by atoms with Gasteiger partial charge in [0, 0.05) is 42.1 Å². The molecule has 1 aromatic carbocycles. The van der Waals surface area contributed by atoms with Gasteiger partial charge >= 0.3 is 0 Å². The van der Waals surface area contributed by atoms with Crippen LogP contribution in [0.5, 0.6) is 5.88 Å². The topological polar surface area (TPSA) is 139 Å². The molecule has 0 saturated carbocycles. The average molecular weight is 516 g/mol. The van der Waals surface area contributed by atoms with E-state index < -0.39 is 0 Å². The van der Waals surface area contributed by atoms with Crippen LogP contribution in [0.25, 0.3) is 27.9 Å². The smallest absolute Gasteiger partial charge is 0.252 e. The molecular formula is C26H25N7O5. The van der Waals surface area contributed by atoms with E-state index in [1.807, 2.05) is 24.3 Å². The third kappa shape index (κ3) is 4.55. The molecule has 0 aliphatic carbocycles. The second kappa shape index (κ2) is 9.80. The van der Waals surface area contributed by atoms with E-state index in [1.54, 1.807) is 36.0 Å². The minimum absolute atomic E-state index is 0.00173. The van der Waals surface area contributed by atoms with E-state index in [9.17, 15) is 4.79 Å². The van der Waals surface area contributed by atoms with Gasteiger partial charge in [-0.25, -0.2) is 0 Å². The first-order chi connectivity index (χ1) is 18.5. The van der Waals surface area contributed by atoms with Crippen molar-refractivity contribution in [2.75, 3.05) is 26.9 Å². The van der Waals surface area contributed by atoms with Crippen LogP contribution in [0.4, 0.5) is 0 Å². The summed E-state index contributed by atoms with van der Waals surface area (Å²) in [4.78, 5) is 16.9. The van der Waals surface area contributed by atoms with Crippen LogP contribution in [0.3, 0.4) is 0 Å². The second-order valence-corrected chi connectivity index (χ2v) is 9.53. The molecule has 12 heteroatoms. The second-order valence-electron chi connectivity index (χ2n) is 9.53. The summed E-state index contributed by atoms with van der Waals surface area (Å²) in [5.74, 6) is 1.19. The maximum absolute atomic E-state index is 12.5. The molecule has 5 heterocycles. The molecule has 0 radical (unpaired) electrons. The summed E-state index contributed by atoms with van der Waals surface area (Å²) in [7, 11) is 1.58. The van der Waals surface area contributed by atoms with Gasteiger partial charge in [0.05, 0.1) is 24.5 Å². The molecule has 194 valence electrons. The Morgan fingerprint density at radius 1 is 1.13 bits per heavy atom. The van der Waals surface area contributed by atoms with Crippen LogP contribution in [0.2, 0.25) is 0 Å². The van der Waals surface area contributed by atoms with Crippen molar-refractivity contribution >= 4 is 22.3 Å². The van der Waals surface area contributed by atoms with Crippen LogP contribution in [0.1, 0.15) is 28.7 Å². The number of carbonyl (C=O) groups is 1. The van der Waals surface area contributed by atoms with E-state index in [1.165, 1.54) is 0 Å². The number of hydrogen-bond donors (Lipinski definition) is 1. The molecule has 1 fully saturated rings. The van der Waals surface area contributed by atoms with Gasteiger partial charge in [-0.1, -0.05) is 30.3 Å². The summed E-state index contributed by atoms with van der Waals surface area (Å²) < 4.78 is 23.3. The zero-order valence-electron chi connectivity index (χ0n) is 20.9. The standard InChI is InChI=1S/C26H25N7O5/c1-26(14-36-15-26)13-28-24(34)16-7-8-17(27-10-16)11-37-25-20-6-4-3-5-19(20)22-29-30-23(33(22)31-25)21-9-18(12-35-2)38-32-21/h3-10H,11-15H2,1-2H3,(H,28,34). The number of benzene rings is 1. The lowest BCUT2D eigenvalue weighted by atomic mass is 9.89. The summed E-state index contributed by atoms with van der Waals surface area (Å²) in [6, 6.07) is 12.9. The molecule has 4 aromatic heterocycles. The molecule has 0 spiro atoms. The minimum Gasteiger partial charge on any atom is -0.470 e. The van der Waals surface area contributed by atoms with Crippen LogP contribution in [-0.2, 0) is 22.7 Å². The lowest BCUT2D eigenvalue weighted by molar-refractivity contribution is -0.0978. The number of aromatic nitrogens is 6. The number of amides is 1. The quantitative estimate of drug-likeness (QED) is 0.312. The van der Waals surface area contributed by atoms with Crippen LogP contribution in [-0.4, -0.2) is 62.7 Å². The first kappa shape index (κ1) is 23.9. The van der Waals surface area contributed by atoms with E-state index in [2.05, 4.69) is 37.7 Å². The van der Waals surface area contributed by atoms with E-state index in [4.69, 9.17) is 18.7 Å². The number of rotatable bonds is 9. The zero-order chi connectivity index (χ0) is 26.1. The Balaban J connectivity index is 1.23. The summed E-state index contributed by atoms with van der Waals surface area (Å²) >= 11 is 0. The van der Waals surface area contributed by atoms with E-state index in [-0.39, 0.29) is 24.5 Å². The largest absolute Gasteiger partial charge is 0.470 e. The monoisotopic (exact) mass is 515 g/mol. The van der Waals surface area contributed by atoms with Crippen LogP contribution in [0.15, 0.2) is 53.2 Å². The summed E-state index contributed by atoms with van der Waals surface area (Å²) in [5, 5.41) is 21.9. The van der Waals surface area contributed by atoms with Gasteiger partial charge in [0.2, 0.25) is 11.7 Å². The van der Waals surface area contributed by atoms with Gasteiger partial charge in [-0.05, 0) is 18.2 Å². The van der Waals surface area contributed by atoms with Gasteiger partial charge < -0.3 is 24.1 Å². The molecule has 1 amide bonds. The molecule has 1 N–H and O–H groups in total. The molecule has 1 aliphatic heterocycles. The molecular weight excluding hydrogens is 490 g/mol. The fraction of sp³-hybridized carbons (Fsp3) is 0.308. The third-order valence-electron chi connectivity index (χ3n) is 6.33. The van der Waals surface area contributed by atoms with Gasteiger partial charge in [0.15, 0.2) is 17.1 Å². The Morgan fingerprint density at radius 3 is 2.71 bits per heavy atom. The highest BCUT2D eigenvalue weighted by Crippen LogP contribution is 2.29. The third-order valence-corrected chi connectivity index (χ3v) is 6.33. The van der Waals surface area contributed by atoms with Crippen LogP contribution >= 0.6 is 0 Å². The Hall–Kier alpha value is -4.42. The molecule has 1 aliphatic rings. The predicted molar refractivity (Wildman–Crippen MR) is 134 cm³/mol. The number of carbonyl (C=O) groups excluding carboxylic acids is 1. The van der Waals surface area contributed by atoms with Crippen molar-refractivity contribution in [2.24, 2.45) is 5.41 Å². The molecule has 6 rings (SSSR count). The number of hydrogen-bond acceptors (Lipinski definition) is 10. The number of fused-ring (bicyclic) bond motifs is 3. The SMILES string of the molecule is COCc1cc(-c2nnc3c4ccccc4c(OCc4ccc(C(=O)NCC5(C)COC5)cn4)nn23)no1. The molecule has 12 nitrogen and oxygen atoms in total. The number of ether oxygens (including phenoxy) is 3. The number of nitrogens with zero attached hydrogens (tertiary/aromatic N) is 6. The Labute approximate surface area is 216 Å². The van der Waals surface area contributed by atoms with Gasteiger partial charge in [0.1, 0.15) is 13.2 Å². The van der Waals surface area contributed by atoms with E-state index in [0.717, 1.165) is 10.8 Å². The van der Waals surface area contributed by atoms with Crippen molar-refractivity contribution in [3.63, 3.8) is 0 Å². The van der Waals surface area contributed by atoms with E-state index in [0.29, 0.717) is 59.8 Å². The first-order valence-electron chi connectivity index (χ1n) is 12.1. The zero-order valence-corrected chi connectivity index (χ0v) is 20.9. The lowest BCUT2D eigenvalue weighted by Gasteiger charge is -2.37. The van der Waals surface area contributed by atoms with Crippen LogP contribution < -0.4 is 10.1 Å². The average Bonchev–Trinajstić information content (AvgIpc) is 3.57. The fourth-order valence-corrected chi connectivity index (χ4v) is 4.18. The Kier molecular flexibility index (Phi) is 6.18. The van der Waals surface area contributed by atoms with Gasteiger partial charge in [-0.3, -0.25) is 9.78 Å². The molecule has 1 saturated heterocycles. The van der Waals surface area contributed by atoms with Crippen molar-refractivity contribution in [2.45, 2.75) is 20.1 Å². The first-order valence-corrected chi connectivity index (χ1v) is 12.1. The van der Waals surface area contributed by atoms with Crippen molar-refractivity contribution in [3.05, 3.63) is 65.7 Å². The summed E-state index contributed by atoms with van der Waals surface area (Å²) in [5.41, 5.74) is 2.18. The predicted octanol–water partition coefficient (Wildman–Crippen LogP) is 2.82. The number of methoxy groups -OCH3 is 1. The molecule has 38 heavy (non-hydrogen) atoms. The Morgan fingerprint density at radius 2 is 1.97 bits per heavy atom. The van der Waals surface area contributed by atoms with Crippen molar-refractivity contribution < 1.29 is 23.5 Å². The van der Waals surface area contributed by atoms with E-state index >= 15 is 0 Å². The van der Waals surface area contributed by atoms with Crippen molar-refractivity contribution in [3.8, 4) is 17.4 Å². The number of nitrogens with one attached hydrogen (secondary N) is 1. The normalized spacial score (nSPS) is 14.5. The maximum Gasteiger partial charge on any atom is 0.252 e. The van der Waals surface area contributed by atoms with Gasteiger partial charge in [-0.15, -0.1) is 15.3 Å². The lowest BCUT2D eigenvalue weighted by Crippen LogP contribution is -2.48. The minimum atomic E-state index is -0.169. The summed E-state index contributed by atoms with van der Waals surface area (Å²) in [6.07, 6.45) is 1.54. The molecule has 0 unspecified atom stereocenters. The highest BCUT2D eigenvalue weighted by molar-refractivity contribution is 5.97. The highest BCUT2D eigenvalue weighted by Gasteiger charge is 2.33. The van der Waals surface area contributed by atoms with Crippen molar-refractivity contribution in [1.82, 2.24) is 35.3 Å². The highest BCUT2D eigenvalue weighted by atomic mass is 16.5. The molecule has 0 atom stereocenters. The van der Waals surface area contributed by atoms with Gasteiger partial charge in [-0.2, -0.15) is 4.52 Å². The number of pyridine rings is 1. The molecule has 0 bridgehead atoms. The summed E-state index contributed by atoms with van der Waals surface area (Å²) in [6.45, 7) is 4.39. The van der Waals surface area contributed by atoms with Crippen LogP contribution in [0, 0.1) is 5.41 Å². The van der Waals surface area contributed by atoms with Gasteiger partial charge in [0.25, 0.3) is 5.91 Å². The fourth-order valence-electron chi connectivity index (χ4n) is 4.18. The Bertz CT molecular complexity index is 1610.